The van der Waals surface area contributed by atoms with Crippen LogP contribution in [-0.4, -0.2) is 17.4 Å². The van der Waals surface area contributed by atoms with Gasteiger partial charge in [-0.25, -0.2) is 0 Å². The van der Waals surface area contributed by atoms with Crippen LogP contribution in [-0.2, 0) is 11.4 Å². The van der Waals surface area contributed by atoms with Crippen molar-refractivity contribution in [1.82, 2.24) is 0 Å². The zero-order chi connectivity index (χ0) is 24.5. The van der Waals surface area contributed by atoms with Crippen molar-refractivity contribution >= 4 is 35.0 Å². The maximum absolute atomic E-state index is 12.5. The van der Waals surface area contributed by atoms with E-state index in [-0.39, 0.29) is 17.9 Å². The third kappa shape index (κ3) is 6.58. The van der Waals surface area contributed by atoms with Gasteiger partial charge in [0.25, 0.3) is 11.6 Å². The van der Waals surface area contributed by atoms with Crippen LogP contribution in [0.25, 0.3) is 6.08 Å². The van der Waals surface area contributed by atoms with E-state index in [4.69, 9.17) is 21.1 Å². The van der Waals surface area contributed by atoms with Gasteiger partial charge in [0.05, 0.1) is 11.5 Å². The zero-order valence-corrected chi connectivity index (χ0v) is 18.9. The molecule has 0 heterocycles. The summed E-state index contributed by atoms with van der Waals surface area (Å²) in [5.74, 6) is 0.344. The summed E-state index contributed by atoms with van der Waals surface area (Å²) in [5, 5.41) is 23.5. The van der Waals surface area contributed by atoms with Crippen LogP contribution in [0.3, 0.4) is 0 Å². The number of hydrogen-bond donors (Lipinski definition) is 1. The first-order valence-electron chi connectivity index (χ1n) is 10.2. The number of nitro groups is 1. The number of carbonyl (C=O) groups excluding carboxylic acids is 1. The lowest BCUT2D eigenvalue weighted by Gasteiger charge is -2.13. The number of non-ortho nitro benzene ring substituents is 1. The van der Waals surface area contributed by atoms with Gasteiger partial charge in [-0.05, 0) is 72.7 Å². The number of nitro benzene ring substituents is 1. The fourth-order valence-corrected chi connectivity index (χ4v) is 3.05. The Morgan fingerprint density at radius 2 is 1.79 bits per heavy atom. The van der Waals surface area contributed by atoms with E-state index >= 15 is 0 Å². The second-order valence-electron chi connectivity index (χ2n) is 6.98. The van der Waals surface area contributed by atoms with Crippen LogP contribution in [0.5, 0.6) is 11.5 Å². The number of amides is 1. The number of nitriles is 1. The molecule has 0 unspecified atom stereocenters. The molecular weight excluding hydrogens is 458 g/mol. The van der Waals surface area contributed by atoms with Crippen molar-refractivity contribution in [2.24, 2.45) is 0 Å². The minimum absolute atomic E-state index is 0.00305. The molecule has 1 amide bonds. The van der Waals surface area contributed by atoms with Gasteiger partial charge in [-0.1, -0.05) is 17.7 Å². The molecule has 0 aliphatic heterocycles. The molecule has 34 heavy (non-hydrogen) atoms. The molecule has 3 aromatic rings. The lowest BCUT2D eigenvalue weighted by Crippen LogP contribution is -2.13. The topological polar surface area (TPSA) is 114 Å². The van der Waals surface area contributed by atoms with Gasteiger partial charge in [0.15, 0.2) is 11.5 Å². The smallest absolute Gasteiger partial charge is 0.269 e. The minimum atomic E-state index is -0.554. The fraction of sp³-hybridized carbons (Fsp3) is 0.120. The summed E-state index contributed by atoms with van der Waals surface area (Å²) in [5.41, 5.74) is 1.76. The lowest BCUT2D eigenvalue weighted by atomic mass is 10.1. The van der Waals surface area contributed by atoms with Crippen molar-refractivity contribution in [1.29, 1.82) is 5.26 Å². The summed E-state index contributed by atoms with van der Waals surface area (Å²) in [6.07, 6.45) is 1.45. The Balaban J connectivity index is 1.75. The Bertz CT molecular complexity index is 1250. The van der Waals surface area contributed by atoms with Crippen molar-refractivity contribution in [3.8, 4) is 17.6 Å². The second kappa shape index (κ2) is 11.5. The molecule has 3 rings (SSSR count). The van der Waals surface area contributed by atoms with Gasteiger partial charge >= 0.3 is 0 Å². The van der Waals surface area contributed by atoms with E-state index in [2.05, 4.69) is 5.32 Å². The van der Waals surface area contributed by atoms with Crippen LogP contribution in [0.15, 0.2) is 72.3 Å². The van der Waals surface area contributed by atoms with Crippen LogP contribution in [0.4, 0.5) is 11.4 Å². The van der Waals surface area contributed by atoms with Crippen LogP contribution >= 0.6 is 11.6 Å². The normalized spacial score (nSPS) is 10.8. The highest BCUT2D eigenvalue weighted by atomic mass is 35.5. The van der Waals surface area contributed by atoms with Crippen LogP contribution in [0.2, 0.25) is 5.02 Å². The molecule has 1 N–H and O–H groups in total. The predicted octanol–water partition coefficient (Wildman–Crippen LogP) is 5.77. The molecule has 0 aliphatic rings. The fourth-order valence-electron chi connectivity index (χ4n) is 2.92. The second-order valence-corrected chi connectivity index (χ2v) is 7.42. The maximum atomic E-state index is 12.5. The molecular formula is C25H20ClN3O5. The van der Waals surface area contributed by atoms with Crippen LogP contribution in [0.1, 0.15) is 18.1 Å². The van der Waals surface area contributed by atoms with Crippen molar-refractivity contribution in [3.63, 3.8) is 0 Å². The Morgan fingerprint density at radius 1 is 1.09 bits per heavy atom. The SMILES string of the molecule is CCOc1cc(/C=C(/C#N)C(=O)Nc2ccc(Cl)cc2)ccc1OCc1ccc([N+](=O)[O-])cc1. The average molecular weight is 478 g/mol. The summed E-state index contributed by atoms with van der Waals surface area (Å²) in [7, 11) is 0. The highest BCUT2D eigenvalue weighted by Gasteiger charge is 2.12. The number of nitrogens with one attached hydrogen (secondary N) is 1. The molecule has 9 heteroatoms. The first-order chi connectivity index (χ1) is 16.4. The number of nitrogens with zero attached hydrogens (tertiary/aromatic N) is 2. The lowest BCUT2D eigenvalue weighted by molar-refractivity contribution is -0.384. The summed E-state index contributed by atoms with van der Waals surface area (Å²) in [6, 6.07) is 19.6. The molecule has 0 fully saturated rings. The third-order valence-corrected chi connectivity index (χ3v) is 4.84. The standard InChI is InChI=1S/C25H20ClN3O5/c1-2-33-24-14-18(13-19(15-27)25(30)28-21-8-6-20(26)7-9-21)5-12-23(24)34-16-17-3-10-22(11-4-17)29(31)32/h3-14H,2,16H2,1H3,(H,28,30)/b19-13-. The molecule has 0 bridgehead atoms. The maximum Gasteiger partial charge on any atom is 0.269 e. The highest BCUT2D eigenvalue weighted by Crippen LogP contribution is 2.30. The number of hydrogen-bond acceptors (Lipinski definition) is 6. The Kier molecular flexibility index (Phi) is 8.21. The number of anilines is 1. The molecule has 8 nitrogen and oxygen atoms in total. The quantitative estimate of drug-likeness (QED) is 0.181. The first kappa shape index (κ1) is 24.3. The van der Waals surface area contributed by atoms with Crippen molar-refractivity contribution in [2.45, 2.75) is 13.5 Å². The summed E-state index contributed by atoms with van der Waals surface area (Å²) in [4.78, 5) is 22.8. The summed E-state index contributed by atoms with van der Waals surface area (Å²) < 4.78 is 11.5. The molecule has 3 aromatic carbocycles. The predicted molar refractivity (Wildman–Crippen MR) is 129 cm³/mol. The number of carbonyl (C=O) groups is 1. The number of rotatable bonds is 9. The molecule has 172 valence electrons. The van der Waals surface area contributed by atoms with Crippen LogP contribution in [0, 0.1) is 21.4 Å². The van der Waals surface area contributed by atoms with Crippen molar-refractivity contribution < 1.29 is 19.2 Å². The molecule has 0 spiro atoms. The number of benzene rings is 3. The third-order valence-electron chi connectivity index (χ3n) is 4.59. The van der Waals surface area contributed by atoms with E-state index in [1.165, 1.54) is 18.2 Å². The first-order valence-corrected chi connectivity index (χ1v) is 10.6. The van der Waals surface area contributed by atoms with Gasteiger partial charge in [0.1, 0.15) is 18.2 Å². The molecule has 0 aromatic heterocycles. The minimum Gasteiger partial charge on any atom is -0.490 e. The number of halogens is 1. The van der Waals surface area contributed by atoms with E-state index in [9.17, 15) is 20.2 Å². The van der Waals surface area contributed by atoms with Gasteiger partial charge in [-0.2, -0.15) is 5.26 Å². The van der Waals surface area contributed by atoms with Gasteiger partial charge in [-0.3, -0.25) is 14.9 Å². The average Bonchev–Trinajstić information content (AvgIpc) is 2.83. The zero-order valence-electron chi connectivity index (χ0n) is 18.2. The van der Waals surface area contributed by atoms with E-state index in [1.807, 2.05) is 13.0 Å². The van der Waals surface area contributed by atoms with E-state index < -0.39 is 10.8 Å². The Morgan fingerprint density at radius 3 is 2.41 bits per heavy atom. The molecule has 0 aliphatic carbocycles. The van der Waals surface area contributed by atoms with Crippen LogP contribution < -0.4 is 14.8 Å². The molecule has 0 radical (unpaired) electrons. The van der Waals surface area contributed by atoms with Crippen molar-refractivity contribution in [2.75, 3.05) is 11.9 Å². The van der Waals surface area contributed by atoms with Gasteiger partial charge in [0.2, 0.25) is 0 Å². The molecule has 0 saturated heterocycles. The summed E-state index contributed by atoms with van der Waals surface area (Å²) >= 11 is 5.85. The van der Waals surface area contributed by atoms with E-state index in [0.29, 0.717) is 34.4 Å². The molecule has 0 saturated carbocycles. The van der Waals surface area contributed by atoms with E-state index in [1.54, 1.807) is 54.6 Å². The Hall–Kier alpha value is -4.35. The van der Waals surface area contributed by atoms with Gasteiger partial charge in [-0.15, -0.1) is 0 Å². The van der Waals surface area contributed by atoms with Gasteiger partial charge < -0.3 is 14.8 Å². The largest absolute Gasteiger partial charge is 0.490 e. The van der Waals surface area contributed by atoms with Gasteiger partial charge in [0, 0.05) is 22.8 Å². The highest BCUT2D eigenvalue weighted by molar-refractivity contribution is 6.30. The van der Waals surface area contributed by atoms with Crippen molar-refractivity contribution in [3.05, 3.63) is 98.6 Å². The monoisotopic (exact) mass is 477 g/mol. The molecule has 0 atom stereocenters. The number of ether oxygens (including phenoxy) is 2. The van der Waals surface area contributed by atoms with E-state index in [0.717, 1.165) is 5.56 Å². The Labute approximate surface area is 201 Å². The summed E-state index contributed by atoms with van der Waals surface area (Å²) in [6.45, 7) is 2.38.